The minimum Gasteiger partial charge on any atom is -0.493 e. The summed E-state index contributed by atoms with van der Waals surface area (Å²) < 4.78 is 22.6. The second-order valence-electron chi connectivity index (χ2n) is 8.92. The van der Waals surface area contributed by atoms with Crippen LogP contribution in [0.5, 0.6) is 23.0 Å². The zero-order valence-corrected chi connectivity index (χ0v) is 24.3. The van der Waals surface area contributed by atoms with Crippen molar-refractivity contribution in [2.24, 2.45) is 0 Å². The molecule has 1 heterocycles. The van der Waals surface area contributed by atoms with Crippen LogP contribution in [0, 0.1) is 0 Å². The smallest absolute Gasteiger partial charge is 0.293 e. The maximum atomic E-state index is 13.0. The van der Waals surface area contributed by atoms with E-state index in [4.69, 9.17) is 18.9 Å². The maximum Gasteiger partial charge on any atom is 0.293 e. The molecule has 0 unspecified atom stereocenters. The van der Waals surface area contributed by atoms with Crippen LogP contribution in [0.3, 0.4) is 0 Å². The fourth-order valence-corrected chi connectivity index (χ4v) is 6.11. The summed E-state index contributed by atoms with van der Waals surface area (Å²) in [7, 11) is 3.14. The summed E-state index contributed by atoms with van der Waals surface area (Å²) >= 11 is 2.65. The van der Waals surface area contributed by atoms with Crippen molar-refractivity contribution in [2.45, 2.75) is 4.90 Å². The Labute approximate surface area is 247 Å². The number of amides is 2. The molecule has 41 heavy (non-hydrogen) atoms. The molecule has 0 aromatic heterocycles. The number of carbonyl (C=O) groups excluding carboxylic acids is 2. The number of fused-ring (bicyclic) bond motifs is 1. The van der Waals surface area contributed by atoms with Crippen molar-refractivity contribution in [1.29, 1.82) is 0 Å². The Hall–Kier alpha value is -4.08. The Morgan fingerprint density at radius 3 is 2.32 bits per heavy atom. The molecule has 0 N–H and O–H groups in total. The molecule has 0 spiro atoms. The Balaban J connectivity index is 1.17. The number of hydrogen-bond donors (Lipinski definition) is 0. The van der Waals surface area contributed by atoms with E-state index in [1.807, 2.05) is 36.4 Å². The van der Waals surface area contributed by atoms with E-state index in [9.17, 15) is 9.59 Å². The van der Waals surface area contributed by atoms with Crippen LogP contribution in [-0.2, 0) is 4.79 Å². The van der Waals surface area contributed by atoms with Crippen LogP contribution in [0.1, 0.15) is 5.56 Å². The van der Waals surface area contributed by atoms with Crippen LogP contribution in [-0.4, -0.2) is 55.8 Å². The lowest BCUT2D eigenvalue weighted by atomic mass is 10.1. The molecule has 1 fully saturated rings. The van der Waals surface area contributed by atoms with Crippen molar-refractivity contribution >= 4 is 51.5 Å². The lowest BCUT2D eigenvalue weighted by molar-refractivity contribution is -0.123. The van der Waals surface area contributed by atoms with Gasteiger partial charge >= 0.3 is 0 Å². The highest BCUT2D eigenvalue weighted by Gasteiger charge is 2.34. The van der Waals surface area contributed by atoms with Gasteiger partial charge in [0.15, 0.2) is 23.0 Å². The fourth-order valence-electron chi connectivity index (χ4n) is 4.35. The first-order valence-electron chi connectivity index (χ1n) is 13.0. The molecule has 2 amide bonds. The molecular weight excluding hydrogens is 558 g/mol. The van der Waals surface area contributed by atoms with Gasteiger partial charge in [-0.1, -0.05) is 54.6 Å². The lowest BCUT2D eigenvalue weighted by Crippen LogP contribution is -2.32. The molecule has 210 valence electrons. The van der Waals surface area contributed by atoms with Crippen LogP contribution in [0.15, 0.2) is 94.7 Å². The van der Waals surface area contributed by atoms with Gasteiger partial charge in [-0.3, -0.25) is 14.5 Å². The Morgan fingerprint density at radius 1 is 0.780 bits per heavy atom. The molecular formula is C32H29NO6S2. The predicted octanol–water partition coefficient (Wildman–Crippen LogP) is 7.14. The van der Waals surface area contributed by atoms with E-state index in [2.05, 4.69) is 30.3 Å². The normalized spacial score (nSPS) is 14.1. The van der Waals surface area contributed by atoms with Gasteiger partial charge in [-0.25, -0.2) is 0 Å². The minimum atomic E-state index is -0.353. The number of thioether (sulfide) groups is 2. The average Bonchev–Trinajstić information content (AvgIpc) is 3.27. The quantitative estimate of drug-likeness (QED) is 0.0984. The van der Waals surface area contributed by atoms with Crippen LogP contribution in [0.2, 0.25) is 0 Å². The molecule has 0 atom stereocenters. The van der Waals surface area contributed by atoms with E-state index in [0.29, 0.717) is 34.5 Å². The first-order valence-corrected chi connectivity index (χ1v) is 14.8. The van der Waals surface area contributed by atoms with Gasteiger partial charge < -0.3 is 18.9 Å². The molecule has 1 aliphatic rings. The number of carbonyl (C=O) groups is 2. The summed E-state index contributed by atoms with van der Waals surface area (Å²) in [6.07, 6.45) is 1.69. The summed E-state index contributed by atoms with van der Waals surface area (Å²) in [5.74, 6) is 2.73. The molecule has 0 aliphatic carbocycles. The molecule has 4 aromatic carbocycles. The van der Waals surface area contributed by atoms with Gasteiger partial charge in [0.2, 0.25) is 0 Å². The average molecular weight is 588 g/mol. The molecule has 0 radical (unpaired) electrons. The summed E-state index contributed by atoms with van der Waals surface area (Å²) in [6, 6.07) is 27.3. The molecule has 9 heteroatoms. The van der Waals surface area contributed by atoms with Crippen molar-refractivity contribution in [3.8, 4) is 23.0 Å². The molecule has 1 saturated heterocycles. The highest BCUT2D eigenvalue weighted by Crippen LogP contribution is 2.35. The van der Waals surface area contributed by atoms with Crippen LogP contribution >= 0.6 is 23.5 Å². The van der Waals surface area contributed by atoms with Crippen LogP contribution in [0.25, 0.3) is 16.8 Å². The van der Waals surface area contributed by atoms with E-state index in [0.717, 1.165) is 23.1 Å². The summed E-state index contributed by atoms with van der Waals surface area (Å²) in [5.41, 5.74) is 0.732. The van der Waals surface area contributed by atoms with Crippen LogP contribution in [0.4, 0.5) is 4.79 Å². The Bertz CT molecular complexity index is 1580. The number of hydrogen-bond acceptors (Lipinski definition) is 8. The highest BCUT2D eigenvalue weighted by molar-refractivity contribution is 8.18. The topological polar surface area (TPSA) is 74.3 Å². The fraction of sp³-hybridized carbons (Fsp3) is 0.188. The van der Waals surface area contributed by atoms with Gasteiger partial charge in [-0.2, -0.15) is 0 Å². The van der Waals surface area contributed by atoms with Crippen molar-refractivity contribution in [3.05, 3.63) is 95.4 Å². The highest BCUT2D eigenvalue weighted by atomic mass is 32.2. The summed E-state index contributed by atoms with van der Waals surface area (Å²) in [6.45, 7) is 0.788. The molecule has 0 saturated carbocycles. The van der Waals surface area contributed by atoms with E-state index in [-0.39, 0.29) is 24.3 Å². The number of rotatable bonds is 12. The van der Waals surface area contributed by atoms with Crippen molar-refractivity contribution in [1.82, 2.24) is 4.90 Å². The standard InChI is InChI=1S/C32H29NO6S2/c1-36-25-11-5-6-12-26(25)38-17-16-33-31(34)30(41-32(33)35)21-22-14-15-27(28(20-22)37-2)39-18-19-40-29-13-7-9-23-8-3-4-10-24(23)29/h3-15,20-21H,16-19H2,1-2H3/b30-21-. The molecule has 7 nitrogen and oxygen atoms in total. The zero-order valence-electron chi connectivity index (χ0n) is 22.7. The number of imide groups is 1. The van der Waals surface area contributed by atoms with Crippen LogP contribution < -0.4 is 18.9 Å². The number of ether oxygens (including phenoxy) is 4. The predicted molar refractivity (Wildman–Crippen MR) is 164 cm³/mol. The lowest BCUT2D eigenvalue weighted by Gasteiger charge is -2.14. The van der Waals surface area contributed by atoms with Gasteiger partial charge in [0.25, 0.3) is 11.1 Å². The third-order valence-electron chi connectivity index (χ3n) is 6.35. The van der Waals surface area contributed by atoms with Gasteiger partial charge in [0.05, 0.1) is 32.3 Å². The van der Waals surface area contributed by atoms with Crippen molar-refractivity contribution in [2.75, 3.05) is 39.7 Å². The second-order valence-corrected chi connectivity index (χ2v) is 11.0. The first-order chi connectivity index (χ1) is 20.1. The van der Waals surface area contributed by atoms with Crippen molar-refractivity contribution in [3.63, 3.8) is 0 Å². The number of benzene rings is 4. The van der Waals surface area contributed by atoms with Gasteiger partial charge in [-0.05, 0) is 64.5 Å². The van der Waals surface area contributed by atoms with E-state index < -0.39 is 0 Å². The number of nitrogens with zero attached hydrogens (tertiary/aromatic N) is 1. The zero-order chi connectivity index (χ0) is 28.6. The van der Waals surface area contributed by atoms with E-state index >= 15 is 0 Å². The largest absolute Gasteiger partial charge is 0.493 e. The Kier molecular flexibility index (Phi) is 9.38. The summed E-state index contributed by atoms with van der Waals surface area (Å²) in [5, 5.41) is 2.12. The Morgan fingerprint density at radius 2 is 1.49 bits per heavy atom. The molecule has 1 aliphatic heterocycles. The number of para-hydroxylation sites is 2. The third-order valence-corrected chi connectivity index (χ3v) is 8.29. The second kappa shape index (κ2) is 13.5. The van der Waals surface area contributed by atoms with E-state index in [1.165, 1.54) is 20.6 Å². The monoisotopic (exact) mass is 587 g/mol. The van der Waals surface area contributed by atoms with Gasteiger partial charge in [0, 0.05) is 10.6 Å². The van der Waals surface area contributed by atoms with Gasteiger partial charge in [-0.15, -0.1) is 11.8 Å². The number of methoxy groups -OCH3 is 2. The van der Waals surface area contributed by atoms with Gasteiger partial charge in [0.1, 0.15) is 6.61 Å². The summed E-state index contributed by atoms with van der Waals surface area (Å²) in [4.78, 5) is 28.3. The molecule has 4 aromatic rings. The molecule has 5 rings (SSSR count). The maximum absolute atomic E-state index is 13.0. The third kappa shape index (κ3) is 6.81. The molecule has 0 bridgehead atoms. The minimum absolute atomic E-state index is 0.132. The van der Waals surface area contributed by atoms with Crippen molar-refractivity contribution < 1.29 is 28.5 Å². The van der Waals surface area contributed by atoms with E-state index in [1.54, 1.807) is 50.3 Å². The first kappa shape index (κ1) is 28.4. The SMILES string of the molecule is COc1cc(/C=C2\SC(=O)N(CCOc3ccccc3OC)C2=O)ccc1OCCSc1cccc2ccccc12.